The monoisotopic (exact) mass is 535 g/mol. The van der Waals surface area contributed by atoms with Crippen molar-refractivity contribution in [3.63, 3.8) is 0 Å². The maximum atomic E-state index is 14.1. The van der Waals surface area contributed by atoms with E-state index in [-0.39, 0.29) is 29.8 Å². The summed E-state index contributed by atoms with van der Waals surface area (Å²) in [7, 11) is 0. The number of hydrogen-bond donors (Lipinski definition) is 3. The third kappa shape index (κ3) is 6.22. The fourth-order valence-electron chi connectivity index (χ4n) is 5.71. The zero-order valence-electron chi connectivity index (χ0n) is 21.8. The molecule has 9 nitrogen and oxygen atoms in total. The van der Waals surface area contributed by atoms with Crippen LogP contribution in [0.3, 0.4) is 0 Å². The zero-order valence-corrected chi connectivity index (χ0v) is 21.8. The SMILES string of the molecule is O=C(O)N[C@H]1CCCC[C@@H]1n1cnc(C(=O)N2CCNC[C@H]2CCOc2cccc(F)c2)c1-c1ccccc1. The Balaban J connectivity index is 1.41. The second-order valence-electron chi connectivity index (χ2n) is 10.1. The molecule has 1 aliphatic carbocycles. The lowest BCUT2D eigenvalue weighted by molar-refractivity contribution is 0.0601. The number of carboxylic acid groups (broad SMARTS) is 1. The number of halogens is 1. The van der Waals surface area contributed by atoms with E-state index in [1.165, 1.54) is 12.1 Å². The van der Waals surface area contributed by atoms with Gasteiger partial charge in [-0.2, -0.15) is 0 Å². The van der Waals surface area contributed by atoms with Crippen LogP contribution in [0.25, 0.3) is 11.3 Å². The van der Waals surface area contributed by atoms with Crippen molar-refractivity contribution < 1.29 is 23.8 Å². The molecular weight excluding hydrogens is 501 g/mol. The molecule has 1 saturated carbocycles. The number of piperazine rings is 1. The van der Waals surface area contributed by atoms with Crippen LogP contribution >= 0.6 is 0 Å². The molecule has 0 bridgehead atoms. The number of aromatic nitrogens is 2. The van der Waals surface area contributed by atoms with Gasteiger partial charge in [-0.15, -0.1) is 0 Å². The molecule has 2 heterocycles. The second-order valence-corrected chi connectivity index (χ2v) is 10.1. The third-order valence-corrected chi connectivity index (χ3v) is 7.57. The number of amides is 2. The van der Waals surface area contributed by atoms with E-state index >= 15 is 0 Å². The van der Waals surface area contributed by atoms with Gasteiger partial charge in [0, 0.05) is 43.7 Å². The van der Waals surface area contributed by atoms with E-state index in [0.717, 1.165) is 31.2 Å². The van der Waals surface area contributed by atoms with Gasteiger partial charge in [0.15, 0.2) is 5.69 Å². The first-order valence-corrected chi connectivity index (χ1v) is 13.5. The standard InChI is InChI=1S/C29H34FN5O4/c30-21-9-6-10-23(17-21)39-16-13-22-18-31-14-15-34(22)28(36)26-27(20-7-2-1-3-8-20)35(19-32-26)25-12-5-4-11-24(25)33-29(37)38/h1-3,6-10,17,19,22,24-25,31,33H,4-5,11-16,18H2,(H,37,38)/t22-,24+,25+/m1/s1. The molecule has 0 radical (unpaired) electrons. The Morgan fingerprint density at radius 3 is 2.74 bits per heavy atom. The number of imidazole rings is 1. The van der Waals surface area contributed by atoms with Gasteiger partial charge in [0.2, 0.25) is 0 Å². The maximum Gasteiger partial charge on any atom is 0.404 e. The van der Waals surface area contributed by atoms with Gasteiger partial charge < -0.3 is 29.9 Å². The Bertz CT molecular complexity index is 1280. The molecule has 10 heteroatoms. The molecule has 1 aliphatic heterocycles. The van der Waals surface area contributed by atoms with E-state index in [1.54, 1.807) is 18.5 Å². The summed E-state index contributed by atoms with van der Waals surface area (Å²) in [5, 5.41) is 15.5. The van der Waals surface area contributed by atoms with Crippen LogP contribution in [0.4, 0.5) is 9.18 Å². The van der Waals surface area contributed by atoms with Gasteiger partial charge in [0.1, 0.15) is 11.6 Å². The van der Waals surface area contributed by atoms with Crippen LogP contribution in [0.15, 0.2) is 60.9 Å². The van der Waals surface area contributed by atoms with Crippen LogP contribution in [-0.4, -0.2) is 69.9 Å². The molecule has 206 valence electrons. The molecule has 3 atom stereocenters. The summed E-state index contributed by atoms with van der Waals surface area (Å²) in [6, 6.07) is 15.2. The fourth-order valence-corrected chi connectivity index (χ4v) is 5.71. The van der Waals surface area contributed by atoms with Crippen LogP contribution in [0, 0.1) is 5.82 Å². The number of benzene rings is 2. The van der Waals surface area contributed by atoms with Crippen LogP contribution in [0.5, 0.6) is 5.75 Å². The lowest BCUT2D eigenvalue weighted by Crippen LogP contribution is -2.54. The molecule has 3 aromatic rings. The number of nitrogens with zero attached hydrogens (tertiary/aromatic N) is 3. The average molecular weight is 536 g/mol. The molecule has 0 spiro atoms. The van der Waals surface area contributed by atoms with Crippen molar-refractivity contribution in [1.82, 2.24) is 25.1 Å². The van der Waals surface area contributed by atoms with Gasteiger partial charge in [0.25, 0.3) is 5.91 Å². The quantitative estimate of drug-likeness (QED) is 0.396. The Labute approximate surface area is 227 Å². The van der Waals surface area contributed by atoms with E-state index < -0.39 is 6.09 Å². The molecule has 3 N–H and O–H groups in total. The van der Waals surface area contributed by atoms with Crippen molar-refractivity contribution in [3.8, 4) is 17.0 Å². The van der Waals surface area contributed by atoms with Crippen LogP contribution in [0.1, 0.15) is 48.6 Å². The van der Waals surface area contributed by atoms with Crippen LogP contribution in [-0.2, 0) is 0 Å². The molecule has 2 fully saturated rings. The Kier molecular flexibility index (Phi) is 8.41. The number of nitrogens with one attached hydrogen (secondary N) is 2. The average Bonchev–Trinajstić information content (AvgIpc) is 3.38. The number of hydrogen-bond acceptors (Lipinski definition) is 5. The Hall–Kier alpha value is -3.92. The first-order valence-electron chi connectivity index (χ1n) is 13.5. The summed E-state index contributed by atoms with van der Waals surface area (Å²) in [6.45, 7) is 2.15. The molecule has 2 amide bonds. The summed E-state index contributed by atoms with van der Waals surface area (Å²) >= 11 is 0. The van der Waals surface area contributed by atoms with Crippen LogP contribution < -0.4 is 15.4 Å². The van der Waals surface area contributed by atoms with Gasteiger partial charge >= 0.3 is 6.09 Å². The van der Waals surface area contributed by atoms with Gasteiger partial charge in [-0.05, 0) is 25.0 Å². The van der Waals surface area contributed by atoms with E-state index in [2.05, 4.69) is 15.6 Å². The van der Waals surface area contributed by atoms with Crippen molar-refractivity contribution in [2.75, 3.05) is 26.2 Å². The lowest BCUT2D eigenvalue weighted by Gasteiger charge is -2.36. The van der Waals surface area contributed by atoms with Crippen molar-refractivity contribution >= 4 is 12.0 Å². The molecule has 2 aromatic carbocycles. The van der Waals surface area contributed by atoms with E-state index in [1.807, 2.05) is 39.8 Å². The number of rotatable bonds is 8. The minimum Gasteiger partial charge on any atom is -0.493 e. The van der Waals surface area contributed by atoms with Gasteiger partial charge in [-0.25, -0.2) is 14.2 Å². The largest absolute Gasteiger partial charge is 0.493 e. The predicted octanol–water partition coefficient (Wildman–Crippen LogP) is 4.32. The molecule has 5 rings (SSSR count). The minimum atomic E-state index is -1.05. The highest BCUT2D eigenvalue weighted by Gasteiger charge is 2.35. The van der Waals surface area contributed by atoms with E-state index in [9.17, 15) is 19.1 Å². The van der Waals surface area contributed by atoms with Crippen molar-refractivity contribution in [3.05, 3.63) is 72.4 Å². The fraction of sp³-hybridized carbons (Fsp3) is 0.414. The normalized spacial score (nSPS) is 21.4. The Morgan fingerprint density at radius 2 is 1.95 bits per heavy atom. The van der Waals surface area contributed by atoms with Gasteiger partial charge in [-0.3, -0.25) is 4.79 Å². The van der Waals surface area contributed by atoms with Crippen LogP contribution in [0.2, 0.25) is 0 Å². The number of carbonyl (C=O) groups excluding carboxylic acids is 1. The second kappa shape index (κ2) is 12.3. The van der Waals surface area contributed by atoms with Gasteiger partial charge in [-0.1, -0.05) is 49.2 Å². The highest BCUT2D eigenvalue weighted by atomic mass is 19.1. The smallest absolute Gasteiger partial charge is 0.404 e. The third-order valence-electron chi connectivity index (χ3n) is 7.57. The van der Waals surface area contributed by atoms with Crippen molar-refractivity contribution in [1.29, 1.82) is 0 Å². The maximum absolute atomic E-state index is 14.1. The van der Waals surface area contributed by atoms with Crippen molar-refractivity contribution in [2.45, 2.75) is 50.2 Å². The highest BCUT2D eigenvalue weighted by molar-refractivity contribution is 5.98. The molecule has 0 unspecified atom stereocenters. The first kappa shape index (κ1) is 26.7. The minimum absolute atomic E-state index is 0.121. The topological polar surface area (TPSA) is 109 Å². The highest BCUT2D eigenvalue weighted by Crippen LogP contribution is 2.35. The van der Waals surface area contributed by atoms with Gasteiger partial charge in [0.05, 0.1) is 30.7 Å². The summed E-state index contributed by atoms with van der Waals surface area (Å²) in [5.74, 6) is -0.0615. The number of carbonyl (C=O) groups is 2. The van der Waals surface area contributed by atoms with E-state index in [0.29, 0.717) is 49.8 Å². The van der Waals surface area contributed by atoms with E-state index in [4.69, 9.17) is 4.74 Å². The van der Waals surface area contributed by atoms with Crippen molar-refractivity contribution in [2.24, 2.45) is 0 Å². The molecule has 1 saturated heterocycles. The predicted molar refractivity (Wildman–Crippen MR) is 144 cm³/mol. The molecule has 39 heavy (non-hydrogen) atoms. The zero-order chi connectivity index (χ0) is 27.2. The number of ether oxygens (including phenoxy) is 1. The summed E-state index contributed by atoms with van der Waals surface area (Å²) in [5.41, 5.74) is 1.93. The molecular formula is C29H34FN5O4. The summed E-state index contributed by atoms with van der Waals surface area (Å²) in [4.78, 5) is 32.1. The summed E-state index contributed by atoms with van der Waals surface area (Å²) < 4.78 is 21.3. The lowest BCUT2D eigenvalue weighted by atomic mass is 9.89. The molecule has 1 aromatic heterocycles. The first-order chi connectivity index (χ1) is 19.0. The summed E-state index contributed by atoms with van der Waals surface area (Å²) in [6.07, 6.45) is 4.66. The molecule has 2 aliphatic rings. The Morgan fingerprint density at radius 1 is 1.13 bits per heavy atom.